The Balaban J connectivity index is 2.57. The topological polar surface area (TPSA) is 56.7 Å². The average Bonchev–Trinajstić information content (AvgIpc) is 2.63. The first-order valence-corrected chi connectivity index (χ1v) is 5.45. The van der Waals surface area contributed by atoms with Crippen molar-refractivity contribution < 1.29 is 0 Å². The zero-order valence-electron chi connectivity index (χ0n) is 9.24. The number of nitrogen functional groups attached to an aromatic ring is 1. The van der Waals surface area contributed by atoms with Gasteiger partial charge in [-0.05, 0) is 18.2 Å². The molecular formula is C11H13ClN4. The number of halogens is 1. The zero-order chi connectivity index (χ0) is 11.7. The SMILES string of the molecule is CCc1nc(-c2cc(Cl)ccc2N)n(C)n1. The summed E-state index contributed by atoms with van der Waals surface area (Å²) in [6.45, 7) is 2.01. The normalized spacial score (nSPS) is 10.7. The summed E-state index contributed by atoms with van der Waals surface area (Å²) < 4.78 is 1.72. The highest BCUT2D eigenvalue weighted by atomic mass is 35.5. The zero-order valence-corrected chi connectivity index (χ0v) is 9.99. The molecule has 0 saturated heterocycles. The maximum atomic E-state index is 5.95. The largest absolute Gasteiger partial charge is 0.398 e. The number of nitrogens with two attached hydrogens (primary N) is 1. The fraction of sp³-hybridized carbons (Fsp3) is 0.273. The highest BCUT2D eigenvalue weighted by Gasteiger charge is 2.11. The predicted molar refractivity (Wildman–Crippen MR) is 65.2 cm³/mol. The molecule has 2 aromatic rings. The van der Waals surface area contributed by atoms with Crippen LogP contribution in [0.2, 0.25) is 5.02 Å². The second-order valence-electron chi connectivity index (χ2n) is 3.56. The molecule has 0 amide bonds. The van der Waals surface area contributed by atoms with Crippen LogP contribution in [0.3, 0.4) is 0 Å². The van der Waals surface area contributed by atoms with Crippen molar-refractivity contribution in [2.75, 3.05) is 5.73 Å². The van der Waals surface area contributed by atoms with E-state index < -0.39 is 0 Å². The summed E-state index contributed by atoms with van der Waals surface area (Å²) in [4.78, 5) is 4.41. The highest BCUT2D eigenvalue weighted by Crippen LogP contribution is 2.27. The Morgan fingerprint density at radius 3 is 2.81 bits per heavy atom. The van der Waals surface area contributed by atoms with Gasteiger partial charge in [-0.15, -0.1) is 0 Å². The molecular weight excluding hydrogens is 224 g/mol. The molecule has 1 aromatic carbocycles. The van der Waals surface area contributed by atoms with Gasteiger partial charge in [0.25, 0.3) is 0 Å². The van der Waals surface area contributed by atoms with Crippen molar-refractivity contribution in [3.63, 3.8) is 0 Å². The van der Waals surface area contributed by atoms with Crippen LogP contribution >= 0.6 is 11.6 Å². The minimum atomic E-state index is 0.644. The smallest absolute Gasteiger partial charge is 0.160 e. The lowest BCUT2D eigenvalue weighted by atomic mass is 10.1. The molecule has 0 bridgehead atoms. The van der Waals surface area contributed by atoms with E-state index in [4.69, 9.17) is 17.3 Å². The molecule has 0 aliphatic carbocycles. The molecule has 0 unspecified atom stereocenters. The lowest BCUT2D eigenvalue weighted by Crippen LogP contribution is -1.98. The highest BCUT2D eigenvalue weighted by molar-refractivity contribution is 6.31. The third-order valence-electron chi connectivity index (χ3n) is 2.38. The van der Waals surface area contributed by atoms with Crippen LogP contribution in [0, 0.1) is 0 Å². The van der Waals surface area contributed by atoms with Crippen LogP contribution in [-0.4, -0.2) is 14.8 Å². The number of hydrogen-bond acceptors (Lipinski definition) is 3. The summed E-state index contributed by atoms with van der Waals surface area (Å²) in [6.07, 6.45) is 0.800. The van der Waals surface area contributed by atoms with Gasteiger partial charge in [-0.1, -0.05) is 18.5 Å². The van der Waals surface area contributed by atoms with Crippen molar-refractivity contribution in [3.8, 4) is 11.4 Å². The molecule has 2 N–H and O–H groups in total. The maximum Gasteiger partial charge on any atom is 0.160 e. The van der Waals surface area contributed by atoms with Crippen molar-refractivity contribution in [1.29, 1.82) is 0 Å². The average molecular weight is 237 g/mol. The molecule has 0 atom stereocenters. The van der Waals surface area contributed by atoms with Gasteiger partial charge in [-0.2, -0.15) is 5.10 Å². The molecule has 5 heteroatoms. The van der Waals surface area contributed by atoms with Crippen molar-refractivity contribution in [1.82, 2.24) is 14.8 Å². The van der Waals surface area contributed by atoms with Gasteiger partial charge in [-0.3, -0.25) is 0 Å². The first-order chi connectivity index (χ1) is 7.61. The second kappa shape index (κ2) is 4.14. The molecule has 1 heterocycles. The summed E-state index contributed by atoms with van der Waals surface area (Å²) in [5.41, 5.74) is 7.38. The summed E-state index contributed by atoms with van der Waals surface area (Å²) >= 11 is 5.95. The van der Waals surface area contributed by atoms with Gasteiger partial charge < -0.3 is 5.73 Å². The number of rotatable bonds is 2. The first kappa shape index (κ1) is 11.0. The van der Waals surface area contributed by atoms with E-state index in [0.717, 1.165) is 23.6 Å². The first-order valence-electron chi connectivity index (χ1n) is 5.07. The lowest BCUT2D eigenvalue weighted by molar-refractivity contribution is 0.753. The molecule has 4 nitrogen and oxygen atoms in total. The Kier molecular flexibility index (Phi) is 2.83. The molecule has 0 aliphatic heterocycles. The molecule has 16 heavy (non-hydrogen) atoms. The predicted octanol–water partition coefficient (Wildman–Crippen LogP) is 2.28. The van der Waals surface area contributed by atoms with Crippen molar-refractivity contribution in [3.05, 3.63) is 29.0 Å². The molecule has 1 aromatic heterocycles. The van der Waals surface area contributed by atoms with E-state index in [9.17, 15) is 0 Å². The number of aryl methyl sites for hydroxylation is 2. The van der Waals surface area contributed by atoms with E-state index in [-0.39, 0.29) is 0 Å². The lowest BCUT2D eigenvalue weighted by Gasteiger charge is -2.04. The van der Waals surface area contributed by atoms with E-state index in [0.29, 0.717) is 10.7 Å². The minimum Gasteiger partial charge on any atom is -0.398 e. The van der Waals surface area contributed by atoms with Gasteiger partial charge >= 0.3 is 0 Å². The van der Waals surface area contributed by atoms with Crippen molar-refractivity contribution in [2.45, 2.75) is 13.3 Å². The number of benzene rings is 1. The molecule has 0 aliphatic rings. The Hall–Kier alpha value is -1.55. The third kappa shape index (κ3) is 1.88. The summed E-state index contributed by atoms with van der Waals surface area (Å²) in [5.74, 6) is 1.55. The van der Waals surface area contributed by atoms with Crippen LogP contribution in [0.5, 0.6) is 0 Å². The van der Waals surface area contributed by atoms with E-state index in [2.05, 4.69) is 10.1 Å². The quantitative estimate of drug-likeness (QED) is 0.814. The van der Waals surface area contributed by atoms with Gasteiger partial charge in [0, 0.05) is 29.7 Å². The standard InChI is InChI=1S/C11H13ClN4/c1-3-10-14-11(16(2)15-10)8-6-7(12)4-5-9(8)13/h4-6H,3,13H2,1-2H3. The van der Waals surface area contributed by atoms with Crippen LogP contribution in [-0.2, 0) is 13.5 Å². The molecule has 2 rings (SSSR count). The Bertz CT molecular complexity index is 519. The van der Waals surface area contributed by atoms with Gasteiger partial charge in [0.15, 0.2) is 11.6 Å². The fourth-order valence-corrected chi connectivity index (χ4v) is 1.72. The van der Waals surface area contributed by atoms with Gasteiger partial charge in [-0.25, -0.2) is 9.67 Å². The molecule has 0 fully saturated rings. The minimum absolute atomic E-state index is 0.644. The number of anilines is 1. The van der Waals surface area contributed by atoms with Gasteiger partial charge in [0.1, 0.15) is 0 Å². The van der Waals surface area contributed by atoms with E-state index >= 15 is 0 Å². The maximum absolute atomic E-state index is 5.95. The third-order valence-corrected chi connectivity index (χ3v) is 2.61. The number of nitrogens with zero attached hydrogens (tertiary/aromatic N) is 3. The van der Waals surface area contributed by atoms with Gasteiger partial charge in [0.05, 0.1) is 0 Å². The van der Waals surface area contributed by atoms with E-state index in [1.807, 2.05) is 14.0 Å². The van der Waals surface area contributed by atoms with Crippen LogP contribution in [0.25, 0.3) is 11.4 Å². The van der Waals surface area contributed by atoms with E-state index in [1.165, 1.54) is 0 Å². The van der Waals surface area contributed by atoms with Crippen LogP contribution in [0.15, 0.2) is 18.2 Å². The fourth-order valence-electron chi connectivity index (χ4n) is 1.54. The van der Waals surface area contributed by atoms with Crippen LogP contribution in [0.4, 0.5) is 5.69 Å². The van der Waals surface area contributed by atoms with Crippen LogP contribution < -0.4 is 5.73 Å². The summed E-state index contributed by atoms with van der Waals surface area (Å²) in [7, 11) is 1.85. The van der Waals surface area contributed by atoms with Crippen molar-refractivity contribution in [2.24, 2.45) is 7.05 Å². The molecule has 0 spiro atoms. The second-order valence-corrected chi connectivity index (χ2v) is 4.00. The monoisotopic (exact) mass is 236 g/mol. The molecule has 0 radical (unpaired) electrons. The van der Waals surface area contributed by atoms with E-state index in [1.54, 1.807) is 22.9 Å². The Morgan fingerprint density at radius 1 is 1.44 bits per heavy atom. The van der Waals surface area contributed by atoms with Crippen LogP contribution in [0.1, 0.15) is 12.7 Å². The Morgan fingerprint density at radius 2 is 2.19 bits per heavy atom. The van der Waals surface area contributed by atoms with Gasteiger partial charge in [0.2, 0.25) is 0 Å². The summed E-state index contributed by atoms with van der Waals surface area (Å²) in [5, 5.41) is 4.93. The molecule has 0 saturated carbocycles. The number of hydrogen-bond donors (Lipinski definition) is 1. The number of aromatic nitrogens is 3. The summed E-state index contributed by atoms with van der Waals surface area (Å²) in [6, 6.07) is 5.34. The Labute approximate surface area is 99.1 Å². The van der Waals surface area contributed by atoms with Crippen molar-refractivity contribution >= 4 is 17.3 Å². The molecule has 84 valence electrons.